The van der Waals surface area contributed by atoms with Crippen LogP contribution < -0.4 is 0 Å². The molecule has 36 heavy (non-hydrogen) atoms. The summed E-state index contributed by atoms with van der Waals surface area (Å²) in [6.07, 6.45) is 15.6. The van der Waals surface area contributed by atoms with Gasteiger partial charge in [-0.15, -0.1) is 0 Å². The highest BCUT2D eigenvalue weighted by molar-refractivity contribution is 6.69. The van der Waals surface area contributed by atoms with Crippen molar-refractivity contribution in [1.29, 1.82) is 0 Å². The van der Waals surface area contributed by atoms with Crippen molar-refractivity contribution < 1.29 is 14.0 Å². The van der Waals surface area contributed by atoms with E-state index in [-0.39, 0.29) is 23.6 Å². The summed E-state index contributed by atoms with van der Waals surface area (Å²) in [4.78, 5) is 11.7. The molecular formula is C32H56O3Si. The molecule has 0 bridgehead atoms. The van der Waals surface area contributed by atoms with E-state index in [1.54, 1.807) is 6.92 Å². The van der Waals surface area contributed by atoms with Gasteiger partial charge in [0.15, 0.2) is 8.32 Å². The molecule has 3 nitrogen and oxygen atoms in total. The first-order chi connectivity index (χ1) is 16.7. The van der Waals surface area contributed by atoms with Gasteiger partial charge in [0.1, 0.15) is 6.10 Å². The number of ether oxygens (including phenoxy) is 1. The van der Waals surface area contributed by atoms with Gasteiger partial charge in [-0.3, -0.25) is 4.79 Å². The minimum absolute atomic E-state index is 0.0438. The van der Waals surface area contributed by atoms with Gasteiger partial charge >= 0.3 is 5.97 Å². The molecule has 0 saturated heterocycles. The second kappa shape index (κ2) is 10.5. The molecule has 0 heterocycles. The quantitative estimate of drug-likeness (QED) is 0.184. The molecule has 9 atom stereocenters. The molecule has 4 rings (SSSR count). The van der Waals surface area contributed by atoms with E-state index in [1.807, 2.05) is 0 Å². The van der Waals surface area contributed by atoms with Crippen LogP contribution in [0.2, 0.25) is 19.6 Å². The van der Waals surface area contributed by atoms with Crippen LogP contribution >= 0.6 is 0 Å². The van der Waals surface area contributed by atoms with Gasteiger partial charge < -0.3 is 9.16 Å². The Balaban J connectivity index is 1.62. The molecule has 0 aromatic heterocycles. The van der Waals surface area contributed by atoms with Gasteiger partial charge in [-0.1, -0.05) is 65.5 Å². The van der Waals surface area contributed by atoms with Crippen molar-refractivity contribution in [3.05, 3.63) is 11.6 Å². The minimum atomic E-state index is -1.71. The fourth-order valence-electron chi connectivity index (χ4n) is 9.47. The maximum Gasteiger partial charge on any atom is 0.302 e. The Morgan fingerprint density at radius 3 is 2.39 bits per heavy atom. The summed E-state index contributed by atoms with van der Waals surface area (Å²) in [5, 5.41) is 0. The van der Waals surface area contributed by atoms with Crippen molar-refractivity contribution in [3.63, 3.8) is 0 Å². The number of carbonyl (C=O) groups is 1. The van der Waals surface area contributed by atoms with E-state index in [4.69, 9.17) is 9.16 Å². The fourth-order valence-corrected chi connectivity index (χ4v) is 10.5. The third kappa shape index (κ3) is 5.56. The Bertz CT molecular complexity index is 828. The monoisotopic (exact) mass is 516 g/mol. The first kappa shape index (κ1) is 28.4. The number of fused-ring (bicyclic) bond motifs is 5. The Kier molecular flexibility index (Phi) is 8.29. The normalized spacial score (nSPS) is 41.2. The van der Waals surface area contributed by atoms with Crippen molar-refractivity contribution in [2.75, 3.05) is 0 Å². The molecule has 0 aromatic carbocycles. The summed E-state index contributed by atoms with van der Waals surface area (Å²) in [5.41, 5.74) is 2.23. The standard InChI is InChI=1S/C32H56O3Si/c1-21(2)11-10-12-22(3)26-13-14-27-30-28(16-18-32(26,27)6)31(5)17-15-25(34-23(4)33)19-24(31)20-29(30)35-36(7,8)9/h20-22,25-30H,10-19H2,1-9H3/t22-,25+,26-,27+,28+,29-,30+,31+,32-/m1/s1. The predicted octanol–water partition coefficient (Wildman–Crippen LogP) is 8.79. The van der Waals surface area contributed by atoms with Crippen LogP contribution in [0, 0.1) is 46.3 Å². The van der Waals surface area contributed by atoms with E-state index >= 15 is 0 Å². The molecule has 0 N–H and O–H groups in total. The zero-order valence-corrected chi connectivity index (χ0v) is 26.0. The van der Waals surface area contributed by atoms with Crippen LogP contribution in [0.1, 0.15) is 106 Å². The Labute approximate surface area is 223 Å². The van der Waals surface area contributed by atoms with Crippen molar-refractivity contribution in [1.82, 2.24) is 0 Å². The SMILES string of the molecule is CC(=O)O[C@H]1CC[C@@]2(C)C(=C[C@@H](O[Si](C)(C)C)[C@H]3[C@@H]4CC[C@H]([C@H](C)CCCC(C)C)[C@@]4(C)CC[C@@H]32)C1. The second-order valence-corrected chi connectivity index (χ2v) is 19.6. The zero-order chi connectivity index (χ0) is 26.5. The number of hydrogen-bond acceptors (Lipinski definition) is 3. The highest BCUT2D eigenvalue weighted by atomic mass is 28.4. The topological polar surface area (TPSA) is 35.5 Å². The molecular weight excluding hydrogens is 460 g/mol. The second-order valence-electron chi connectivity index (χ2n) is 15.1. The Morgan fingerprint density at radius 1 is 1.03 bits per heavy atom. The van der Waals surface area contributed by atoms with Crippen LogP contribution in [0.3, 0.4) is 0 Å². The molecule has 3 saturated carbocycles. The van der Waals surface area contributed by atoms with E-state index in [1.165, 1.54) is 50.5 Å². The van der Waals surface area contributed by atoms with Crippen molar-refractivity contribution in [3.8, 4) is 0 Å². The average Bonchev–Trinajstić information content (AvgIpc) is 3.10. The number of hydrogen-bond donors (Lipinski definition) is 0. The maximum absolute atomic E-state index is 11.7. The first-order valence-corrected chi connectivity index (χ1v) is 18.7. The van der Waals surface area contributed by atoms with Gasteiger partial charge in [-0.25, -0.2) is 0 Å². The van der Waals surface area contributed by atoms with E-state index in [0.29, 0.717) is 17.3 Å². The lowest BCUT2D eigenvalue weighted by molar-refractivity contribution is -0.149. The molecule has 0 unspecified atom stereocenters. The van der Waals surface area contributed by atoms with Crippen molar-refractivity contribution >= 4 is 14.3 Å². The van der Waals surface area contributed by atoms with Gasteiger partial charge in [0, 0.05) is 13.3 Å². The van der Waals surface area contributed by atoms with Gasteiger partial charge in [0.25, 0.3) is 0 Å². The van der Waals surface area contributed by atoms with Gasteiger partial charge in [-0.2, -0.15) is 0 Å². The van der Waals surface area contributed by atoms with Crippen LogP contribution in [0.5, 0.6) is 0 Å². The van der Waals surface area contributed by atoms with E-state index in [2.05, 4.69) is 60.3 Å². The largest absolute Gasteiger partial charge is 0.462 e. The molecule has 0 aromatic rings. The molecule has 4 aliphatic rings. The molecule has 3 fully saturated rings. The summed E-state index contributed by atoms with van der Waals surface area (Å²) in [5.74, 6) is 4.49. The highest BCUT2D eigenvalue weighted by Gasteiger charge is 2.61. The lowest BCUT2D eigenvalue weighted by Gasteiger charge is -2.60. The molecule has 206 valence electrons. The lowest BCUT2D eigenvalue weighted by atomic mass is 9.46. The summed E-state index contributed by atoms with van der Waals surface area (Å²) < 4.78 is 12.8. The van der Waals surface area contributed by atoms with E-state index < -0.39 is 8.32 Å². The van der Waals surface area contributed by atoms with Gasteiger partial charge in [0.05, 0.1) is 6.10 Å². The van der Waals surface area contributed by atoms with E-state index in [9.17, 15) is 4.79 Å². The van der Waals surface area contributed by atoms with Crippen LogP contribution in [0.15, 0.2) is 11.6 Å². The third-order valence-corrected chi connectivity index (χ3v) is 12.1. The summed E-state index contributed by atoms with van der Waals surface area (Å²) in [7, 11) is -1.71. The van der Waals surface area contributed by atoms with Crippen LogP contribution in [0.4, 0.5) is 0 Å². The van der Waals surface area contributed by atoms with Crippen LogP contribution in [0.25, 0.3) is 0 Å². The summed E-state index contributed by atoms with van der Waals surface area (Å²) >= 11 is 0. The number of carbonyl (C=O) groups excluding carboxylic acids is 1. The lowest BCUT2D eigenvalue weighted by Crippen LogP contribution is -2.56. The molecule has 0 radical (unpaired) electrons. The number of esters is 1. The molecule has 0 amide bonds. The summed E-state index contributed by atoms with van der Waals surface area (Å²) in [6, 6.07) is 0. The maximum atomic E-state index is 11.7. The van der Waals surface area contributed by atoms with E-state index in [0.717, 1.165) is 42.9 Å². The molecule has 4 aliphatic carbocycles. The Hall–Kier alpha value is -0.613. The van der Waals surface area contributed by atoms with Crippen molar-refractivity contribution in [2.45, 2.75) is 138 Å². The highest BCUT2D eigenvalue weighted by Crippen LogP contribution is 2.67. The molecule has 0 spiro atoms. The third-order valence-electron chi connectivity index (χ3n) is 11.1. The fraction of sp³-hybridized carbons (Fsp3) is 0.906. The zero-order valence-electron chi connectivity index (χ0n) is 25.0. The van der Waals surface area contributed by atoms with Crippen LogP contribution in [-0.2, 0) is 14.0 Å². The summed E-state index contributed by atoms with van der Waals surface area (Å²) in [6.45, 7) is 21.1. The van der Waals surface area contributed by atoms with Gasteiger partial charge in [-0.05, 0) is 105 Å². The Morgan fingerprint density at radius 2 is 1.75 bits per heavy atom. The minimum Gasteiger partial charge on any atom is -0.462 e. The average molecular weight is 517 g/mol. The molecule has 0 aliphatic heterocycles. The van der Waals surface area contributed by atoms with Crippen molar-refractivity contribution in [2.24, 2.45) is 46.3 Å². The van der Waals surface area contributed by atoms with Crippen LogP contribution in [-0.4, -0.2) is 26.5 Å². The smallest absolute Gasteiger partial charge is 0.302 e. The first-order valence-electron chi connectivity index (χ1n) is 15.3. The predicted molar refractivity (Wildman–Crippen MR) is 152 cm³/mol. The molecule has 4 heteroatoms. The number of rotatable bonds is 8. The van der Waals surface area contributed by atoms with Gasteiger partial charge in [0.2, 0.25) is 0 Å².